The van der Waals surface area contributed by atoms with Crippen LogP contribution in [0.2, 0.25) is 0 Å². The lowest BCUT2D eigenvalue weighted by Gasteiger charge is -2.24. The second-order valence-corrected chi connectivity index (χ2v) is 7.31. The number of nitrogens with one attached hydrogen (secondary N) is 1. The Morgan fingerprint density at radius 1 is 1.56 bits per heavy atom. The maximum absolute atomic E-state index is 6.05. The number of hydrogen-bond acceptors (Lipinski definition) is 3. The molecule has 0 aliphatic heterocycles. The number of halogens is 1. The Balaban J connectivity index is 1.87. The molecule has 0 aromatic carbocycles. The van der Waals surface area contributed by atoms with Crippen molar-refractivity contribution in [3.63, 3.8) is 0 Å². The lowest BCUT2D eigenvalue weighted by atomic mass is 9.91. The third kappa shape index (κ3) is 3.06. The first-order chi connectivity index (χ1) is 7.41. The molecule has 0 radical (unpaired) electrons. The highest BCUT2D eigenvalue weighted by Gasteiger charge is 2.38. The summed E-state index contributed by atoms with van der Waals surface area (Å²) in [6, 6.07) is 2.21. The molecule has 1 aliphatic carbocycles. The zero-order chi connectivity index (χ0) is 11.8. The van der Waals surface area contributed by atoms with Crippen LogP contribution in [0.5, 0.6) is 0 Å². The van der Waals surface area contributed by atoms with Gasteiger partial charge in [0.25, 0.3) is 0 Å². The minimum atomic E-state index is 0.103. The van der Waals surface area contributed by atoms with Crippen molar-refractivity contribution in [1.82, 2.24) is 5.32 Å². The average molecular weight is 303 g/mol. The van der Waals surface area contributed by atoms with Gasteiger partial charge < -0.3 is 11.1 Å². The van der Waals surface area contributed by atoms with E-state index in [4.69, 9.17) is 5.73 Å². The Bertz CT molecular complexity index is 369. The molecule has 0 spiro atoms. The Morgan fingerprint density at radius 2 is 2.25 bits per heavy atom. The topological polar surface area (TPSA) is 38.0 Å². The third-order valence-electron chi connectivity index (χ3n) is 3.17. The number of nitrogens with two attached hydrogens (primary N) is 1. The number of thiophene rings is 1. The van der Waals surface area contributed by atoms with Gasteiger partial charge in [0.1, 0.15) is 0 Å². The standard InChI is InChI=1S/C12H19BrN2S/c1-11(2,10-5-9(13)6-16-10)7-15-8-12(14)3-4-12/h5-6,15H,3-4,7-8,14H2,1-2H3. The smallest absolute Gasteiger partial charge is 0.0285 e. The Hall–Kier alpha value is 0.1000. The second kappa shape index (κ2) is 4.41. The molecule has 0 bridgehead atoms. The molecule has 4 heteroatoms. The van der Waals surface area contributed by atoms with Crippen molar-refractivity contribution >= 4 is 27.3 Å². The molecule has 1 fully saturated rings. The average Bonchev–Trinajstić information content (AvgIpc) is 2.75. The van der Waals surface area contributed by atoms with Crippen LogP contribution in [0.15, 0.2) is 15.9 Å². The Kier molecular flexibility index (Phi) is 3.46. The lowest BCUT2D eigenvalue weighted by molar-refractivity contribution is 0.454. The molecule has 16 heavy (non-hydrogen) atoms. The first kappa shape index (κ1) is 12.6. The quantitative estimate of drug-likeness (QED) is 0.878. The zero-order valence-corrected chi connectivity index (χ0v) is 12.2. The van der Waals surface area contributed by atoms with Gasteiger partial charge in [-0.25, -0.2) is 0 Å². The second-order valence-electron chi connectivity index (χ2n) is 5.48. The number of rotatable bonds is 5. The van der Waals surface area contributed by atoms with Gasteiger partial charge in [0.05, 0.1) is 0 Å². The van der Waals surface area contributed by atoms with Crippen LogP contribution in [-0.2, 0) is 5.41 Å². The molecule has 0 atom stereocenters. The largest absolute Gasteiger partial charge is 0.324 e. The van der Waals surface area contributed by atoms with Crippen molar-refractivity contribution in [1.29, 1.82) is 0 Å². The van der Waals surface area contributed by atoms with Crippen LogP contribution < -0.4 is 11.1 Å². The zero-order valence-electron chi connectivity index (χ0n) is 9.85. The number of hydrogen-bond donors (Lipinski definition) is 2. The molecular weight excluding hydrogens is 284 g/mol. The summed E-state index contributed by atoms with van der Waals surface area (Å²) in [5, 5.41) is 5.64. The van der Waals surface area contributed by atoms with Crippen LogP contribution in [0.1, 0.15) is 31.6 Å². The molecule has 2 nitrogen and oxygen atoms in total. The first-order valence-corrected chi connectivity index (χ1v) is 7.33. The predicted octanol–water partition coefficient (Wildman–Crippen LogP) is 2.87. The maximum atomic E-state index is 6.05. The summed E-state index contributed by atoms with van der Waals surface area (Å²) in [5.41, 5.74) is 6.34. The summed E-state index contributed by atoms with van der Waals surface area (Å²) in [7, 11) is 0. The van der Waals surface area contributed by atoms with Crippen LogP contribution in [0.3, 0.4) is 0 Å². The van der Waals surface area contributed by atoms with Gasteiger partial charge in [0.15, 0.2) is 0 Å². The van der Waals surface area contributed by atoms with Gasteiger partial charge in [-0.3, -0.25) is 0 Å². The Labute approximate surface area is 110 Å². The normalized spacial score (nSPS) is 18.8. The van der Waals surface area contributed by atoms with Crippen molar-refractivity contribution in [3.8, 4) is 0 Å². The molecular formula is C12H19BrN2S. The first-order valence-electron chi connectivity index (χ1n) is 5.65. The minimum absolute atomic E-state index is 0.103. The maximum Gasteiger partial charge on any atom is 0.0285 e. The molecule has 1 aliphatic rings. The van der Waals surface area contributed by atoms with Gasteiger partial charge in [-0.05, 0) is 34.8 Å². The van der Waals surface area contributed by atoms with Crippen molar-refractivity contribution in [2.75, 3.05) is 13.1 Å². The predicted molar refractivity (Wildman–Crippen MR) is 74.1 cm³/mol. The summed E-state index contributed by atoms with van der Waals surface area (Å²) < 4.78 is 1.18. The summed E-state index contributed by atoms with van der Waals surface area (Å²) in [4.78, 5) is 1.41. The van der Waals surface area contributed by atoms with Gasteiger partial charge >= 0.3 is 0 Å². The van der Waals surface area contributed by atoms with Crippen LogP contribution in [-0.4, -0.2) is 18.6 Å². The molecule has 1 saturated carbocycles. The monoisotopic (exact) mass is 302 g/mol. The minimum Gasteiger partial charge on any atom is -0.324 e. The molecule has 90 valence electrons. The molecule has 0 saturated heterocycles. The SMILES string of the molecule is CC(C)(CNCC1(N)CC1)c1cc(Br)cs1. The van der Waals surface area contributed by atoms with E-state index in [0.29, 0.717) is 0 Å². The summed E-state index contributed by atoms with van der Waals surface area (Å²) in [6.07, 6.45) is 2.34. The van der Waals surface area contributed by atoms with Crippen molar-refractivity contribution < 1.29 is 0 Å². The fourth-order valence-corrected chi connectivity index (χ4v) is 3.27. The van der Waals surface area contributed by atoms with Gasteiger partial charge in [0.2, 0.25) is 0 Å². The van der Waals surface area contributed by atoms with Crippen LogP contribution in [0.4, 0.5) is 0 Å². The summed E-state index contributed by atoms with van der Waals surface area (Å²) in [6.45, 7) is 6.48. The van der Waals surface area contributed by atoms with E-state index in [-0.39, 0.29) is 11.0 Å². The van der Waals surface area contributed by atoms with Crippen LogP contribution in [0, 0.1) is 0 Å². The highest BCUT2D eigenvalue weighted by molar-refractivity contribution is 9.10. The van der Waals surface area contributed by atoms with E-state index in [1.54, 1.807) is 0 Å². The highest BCUT2D eigenvalue weighted by Crippen LogP contribution is 2.33. The van der Waals surface area contributed by atoms with E-state index in [0.717, 1.165) is 13.1 Å². The summed E-state index contributed by atoms with van der Waals surface area (Å²) in [5.74, 6) is 0. The van der Waals surface area contributed by atoms with Crippen LogP contribution in [0.25, 0.3) is 0 Å². The summed E-state index contributed by atoms with van der Waals surface area (Å²) >= 11 is 5.32. The van der Waals surface area contributed by atoms with Gasteiger partial charge in [-0.15, -0.1) is 11.3 Å². The molecule has 1 heterocycles. The Morgan fingerprint density at radius 3 is 2.75 bits per heavy atom. The fourth-order valence-electron chi connectivity index (χ4n) is 1.72. The molecule has 2 rings (SSSR count). The van der Waals surface area contributed by atoms with E-state index < -0.39 is 0 Å². The molecule has 3 N–H and O–H groups in total. The fraction of sp³-hybridized carbons (Fsp3) is 0.667. The lowest BCUT2D eigenvalue weighted by Crippen LogP contribution is -2.41. The van der Waals surface area contributed by atoms with E-state index in [2.05, 4.69) is 46.5 Å². The van der Waals surface area contributed by atoms with E-state index in [1.807, 2.05) is 11.3 Å². The van der Waals surface area contributed by atoms with Gasteiger partial charge in [0, 0.05) is 38.8 Å². The van der Waals surface area contributed by atoms with Crippen molar-refractivity contribution in [2.24, 2.45) is 5.73 Å². The molecule has 0 amide bonds. The van der Waals surface area contributed by atoms with Crippen molar-refractivity contribution in [3.05, 3.63) is 20.8 Å². The highest BCUT2D eigenvalue weighted by atomic mass is 79.9. The van der Waals surface area contributed by atoms with E-state index in [1.165, 1.54) is 22.2 Å². The van der Waals surface area contributed by atoms with E-state index >= 15 is 0 Å². The molecule has 1 aromatic rings. The van der Waals surface area contributed by atoms with E-state index in [9.17, 15) is 0 Å². The van der Waals surface area contributed by atoms with Gasteiger partial charge in [-0.2, -0.15) is 0 Å². The molecule has 0 unspecified atom stereocenters. The van der Waals surface area contributed by atoms with Crippen LogP contribution >= 0.6 is 27.3 Å². The third-order valence-corrected chi connectivity index (χ3v) is 5.23. The van der Waals surface area contributed by atoms with Gasteiger partial charge in [-0.1, -0.05) is 13.8 Å². The molecule has 1 aromatic heterocycles. The van der Waals surface area contributed by atoms with Crippen molar-refractivity contribution in [2.45, 2.75) is 37.6 Å².